The first-order valence-corrected chi connectivity index (χ1v) is 14.4. The van der Waals surface area contributed by atoms with Crippen LogP contribution in [0.25, 0.3) is 0 Å². The maximum absolute atomic E-state index is 13.2. The van der Waals surface area contributed by atoms with Crippen LogP contribution in [0.1, 0.15) is 68.7 Å². The molecule has 2 aromatic carbocycles. The number of thioether (sulfide) groups is 1. The largest absolute Gasteiger partial charge is 0.478 e. The second-order valence-electron chi connectivity index (χ2n) is 9.36. The molecule has 2 unspecified atom stereocenters. The number of aromatic carboxylic acids is 1. The molecule has 3 aromatic rings. The third kappa shape index (κ3) is 6.69. The van der Waals surface area contributed by atoms with Gasteiger partial charge in [-0.15, -0.1) is 23.1 Å². The van der Waals surface area contributed by atoms with Gasteiger partial charge in [-0.05, 0) is 74.9 Å². The highest BCUT2D eigenvalue weighted by atomic mass is 32.2. The molecule has 2 atom stereocenters. The van der Waals surface area contributed by atoms with Crippen molar-refractivity contribution in [3.8, 4) is 0 Å². The van der Waals surface area contributed by atoms with Crippen LogP contribution in [-0.4, -0.2) is 40.7 Å². The predicted molar refractivity (Wildman–Crippen MR) is 153 cm³/mol. The Labute approximate surface area is 235 Å². The highest BCUT2D eigenvalue weighted by molar-refractivity contribution is 8.00. The first kappa shape index (κ1) is 28.4. The van der Waals surface area contributed by atoms with Gasteiger partial charge in [-0.3, -0.25) is 9.59 Å². The molecule has 0 saturated heterocycles. The third-order valence-corrected chi connectivity index (χ3v) is 8.67. The molecule has 1 aliphatic rings. The number of anilines is 2. The summed E-state index contributed by atoms with van der Waals surface area (Å²) in [6, 6.07) is 13.0. The maximum atomic E-state index is 13.2. The van der Waals surface area contributed by atoms with Crippen LogP contribution in [0.2, 0.25) is 0 Å². The predicted octanol–water partition coefficient (Wildman–Crippen LogP) is 6.12. The van der Waals surface area contributed by atoms with E-state index < -0.39 is 23.1 Å². The van der Waals surface area contributed by atoms with E-state index in [1.54, 1.807) is 44.2 Å². The molecule has 0 fully saturated rings. The summed E-state index contributed by atoms with van der Waals surface area (Å²) >= 11 is 2.76. The van der Waals surface area contributed by atoms with Crippen molar-refractivity contribution in [2.75, 3.05) is 17.2 Å². The smallest absolute Gasteiger partial charge is 0.341 e. The Kier molecular flexibility index (Phi) is 9.08. The average molecular weight is 567 g/mol. The summed E-state index contributed by atoms with van der Waals surface area (Å²) in [7, 11) is 0. The van der Waals surface area contributed by atoms with Gasteiger partial charge in [0.2, 0.25) is 5.91 Å². The van der Waals surface area contributed by atoms with Gasteiger partial charge in [-0.2, -0.15) is 0 Å². The summed E-state index contributed by atoms with van der Waals surface area (Å²) in [6.07, 6.45) is 2.66. The number of carboxylic acid groups (broad SMARTS) is 1. The van der Waals surface area contributed by atoms with E-state index in [9.17, 15) is 24.3 Å². The van der Waals surface area contributed by atoms with E-state index >= 15 is 0 Å². The number of rotatable bonds is 9. The number of carboxylic acids is 1. The zero-order valence-corrected chi connectivity index (χ0v) is 23.5. The second-order valence-corrected chi connectivity index (χ2v) is 11.9. The van der Waals surface area contributed by atoms with Crippen LogP contribution in [0.5, 0.6) is 0 Å². The van der Waals surface area contributed by atoms with Gasteiger partial charge in [-0.25, -0.2) is 9.59 Å². The topological polar surface area (TPSA) is 122 Å². The highest BCUT2D eigenvalue weighted by Crippen LogP contribution is 2.40. The molecule has 10 heteroatoms. The SMILES string of the molecule is CCOC(=O)c1c(NC(=O)C(C)Sc2cccc(NC(=O)c3ccccc3C(=O)O)c2)sc2c1CCC(C)C2. The van der Waals surface area contributed by atoms with Crippen molar-refractivity contribution in [1.29, 1.82) is 0 Å². The maximum Gasteiger partial charge on any atom is 0.341 e. The van der Waals surface area contributed by atoms with Gasteiger partial charge in [0.15, 0.2) is 0 Å². The third-order valence-electron chi connectivity index (χ3n) is 6.40. The van der Waals surface area contributed by atoms with Gasteiger partial charge in [-0.1, -0.05) is 25.1 Å². The molecule has 0 spiro atoms. The minimum absolute atomic E-state index is 0.0567. The van der Waals surface area contributed by atoms with Gasteiger partial charge in [0.05, 0.1) is 28.5 Å². The van der Waals surface area contributed by atoms with Crippen molar-refractivity contribution in [2.45, 2.75) is 50.2 Å². The van der Waals surface area contributed by atoms with Gasteiger partial charge in [0.1, 0.15) is 5.00 Å². The molecule has 2 amide bonds. The molecule has 1 heterocycles. The van der Waals surface area contributed by atoms with Crippen LogP contribution in [0, 0.1) is 5.92 Å². The van der Waals surface area contributed by atoms with E-state index in [-0.39, 0.29) is 23.6 Å². The van der Waals surface area contributed by atoms with Gasteiger partial charge >= 0.3 is 11.9 Å². The molecule has 39 heavy (non-hydrogen) atoms. The Morgan fingerprint density at radius 2 is 1.85 bits per heavy atom. The van der Waals surface area contributed by atoms with E-state index in [0.717, 1.165) is 34.6 Å². The van der Waals surface area contributed by atoms with Crippen molar-refractivity contribution in [3.63, 3.8) is 0 Å². The summed E-state index contributed by atoms with van der Waals surface area (Å²) in [5.41, 5.74) is 1.90. The molecule has 4 rings (SSSR count). The fraction of sp³-hybridized carbons (Fsp3) is 0.310. The Morgan fingerprint density at radius 1 is 1.10 bits per heavy atom. The monoisotopic (exact) mass is 566 g/mol. The molecule has 204 valence electrons. The number of carbonyl (C=O) groups is 4. The van der Waals surface area contributed by atoms with E-state index in [1.807, 2.05) is 6.07 Å². The molecule has 3 N–H and O–H groups in total. The van der Waals surface area contributed by atoms with Gasteiger partial charge < -0.3 is 20.5 Å². The number of carbonyl (C=O) groups excluding carboxylic acids is 3. The number of ether oxygens (including phenoxy) is 1. The first-order chi connectivity index (χ1) is 18.7. The zero-order valence-electron chi connectivity index (χ0n) is 21.9. The molecule has 0 bridgehead atoms. The standard InChI is InChI=1S/C29H30N2O6S2/c1-4-37-29(36)24-22-13-12-16(2)14-23(22)39-27(24)31-25(32)17(3)38-19-9-7-8-18(15-19)30-26(33)20-10-5-6-11-21(20)28(34)35/h5-11,15-17H,4,12-14H2,1-3H3,(H,30,33)(H,31,32)(H,34,35). The van der Waals surface area contributed by atoms with Crippen molar-refractivity contribution < 1.29 is 29.0 Å². The Balaban J connectivity index is 1.46. The summed E-state index contributed by atoms with van der Waals surface area (Å²) in [6.45, 7) is 5.98. The highest BCUT2D eigenvalue weighted by Gasteiger charge is 2.30. The number of benzene rings is 2. The number of amides is 2. The van der Waals surface area contributed by atoms with Crippen LogP contribution in [0.15, 0.2) is 53.4 Å². The fourth-order valence-corrected chi connectivity index (χ4v) is 6.77. The van der Waals surface area contributed by atoms with E-state index in [1.165, 1.54) is 35.2 Å². The number of thiophene rings is 1. The minimum Gasteiger partial charge on any atom is -0.478 e. The lowest BCUT2D eigenvalue weighted by atomic mass is 9.88. The molecule has 1 aliphatic carbocycles. The van der Waals surface area contributed by atoms with Crippen LogP contribution in [0.4, 0.5) is 10.7 Å². The van der Waals surface area contributed by atoms with E-state index in [2.05, 4.69) is 17.6 Å². The number of hydrogen-bond donors (Lipinski definition) is 3. The number of fused-ring (bicyclic) bond motifs is 1. The van der Waals surface area contributed by atoms with Crippen LogP contribution in [-0.2, 0) is 22.4 Å². The summed E-state index contributed by atoms with van der Waals surface area (Å²) < 4.78 is 5.30. The lowest BCUT2D eigenvalue weighted by molar-refractivity contribution is -0.115. The molecule has 0 aliphatic heterocycles. The van der Waals surface area contributed by atoms with Crippen molar-refractivity contribution in [3.05, 3.63) is 75.7 Å². The van der Waals surface area contributed by atoms with Gasteiger partial charge in [0.25, 0.3) is 5.91 Å². The van der Waals surface area contributed by atoms with Gasteiger partial charge in [0, 0.05) is 15.5 Å². The fourth-order valence-electron chi connectivity index (χ4n) is 4.44. The van der Waals surface area contributed by atoms with Crippen molar-refractivity contribution >= 4 is 57.5 Å². The summed E-state index contributed by atoms with van der Waals surface area (Å²) in [5, 5.41) is 15.1. The molecular weight excluding hydrogens is 536 g/mol. The van der Waals surface area contributed by atoms with Crippen molar-refractivity contribution in [1.82, 2.24) is 0 Å². The van der Waals surface area contributed by atoms with E-state index in [0.29, 0.717) is 22.2 Å². The Hall–Kier alpha value is -3.63. The number of nitrogens with one attached hydrogen (secondary N) is 2. The van der Waals surface area contributed by atoms with Crippen LogP contribution >= 0.6 is 23.1 Å². The second kappa shape index (κ2) is 12.5. The van der Waals surface area contributed by atoms with Crippen LogP contribution in [0.3, 0.4) is 0 Å². The molecular formula is C29H30N2O6S2. The summed E-state index contributed by atoms with van der Waals surface area (Å²) in [4.78, 5) is 52.0. The lowest BCUT2D eigenvalue weighted by Gasteiger charge is -2.18. The van der Waals surface area contributed by atoms with E-state index in [4.69, 9.17) is 4.74 Å². The molecule has 1 aromatic heterocycles. The lowest BCUT2D eigenvalue weighted by Crippen LogP contribution is -2.23. The Morgan fingerprint density at radius 3 is 2.56 bits per heavy atom. The number of esters is 1. The van der Waals surface area contributed by atoms with Crippen molar-refractivity contribution in [2.24, 2.45) is 5.92 Å². The van der Waals surface area contributed by atoms with Crippen LogP contribution < -0.4 is 10.6 Å². The minimum atomic E-state index is -1.18. The quantitative estimate of drug-likeness (QED) is 0.211. The summed E-state index contributed by atoms with van der Waals surface area (Å²) in [5.74, 6) is -1.86. The number of hydrogen-bond acceptors (Lipinski definition) is 7. The first-order valence-electron chi connectivity index (χ1n) is 12.7. The normalized spacial score (nSPS) is 15.1. The molecule has 8 nitrogen and oxygen atoms in total. The zero-order chi connectivity index (χ0) is 28.1. The average Bonchev–Trinajstić information content (AvgIpc) is 3.25. The molecule has 0 radical (unpaired) electrons. The Bertz CT molecular complexity index is 1420. The molecule has 0 saturated carbocycles.